The van der Waals surface area contributed by atoms with Crippen LogP contribution in [0.25, 0.3) is 0 Å². The van der Waals surface area contributed by atoms with Crippen LogP contribution < -0.4 is 10.5 Å². The number of pyridine rings is 1. The van der Waals surface area contributed by atoms with Crippen LogP contribution in [-0.2, 0) is 10.0 Å². The van der Waals surface area contributed by atoms with Gasteiger partial charge in [0, 0.05) is 17.2 Å². The summed E-state index contributed by atoms with van der Waals surface area (Å²) in [6.45, 7) is 2.49. The van der Waals surface area contributed by atoms with Gasteiger partial charge in [-0.3, -0.25) is 0 Å². The van der Waals surface area contributed by atoms with Crippen LogP contribution in [-0.4, -0.2) is 25.7 Å². The van der Waals surface area contributed by atoms with Crippen molar-refractivity contribution in [2.45, 2.75) is 13.3 Å². The lowest BCUT2D eigenvalue weighted by Crippen LogP contribution is -2.18. The van der Waals surface area contributed by atoms with Gasteiger partial charge >= 0.3 is 0 Å². The zero-order chi connectivity index (χ0) is 12.2. The van der Waals surface area contributed by atoms with E-state index in [2.05, 4.69) is 26.2 Å². The topological polar surface area (TPSA) is 85.1 Å². The van der Waals surface area contributed by atoms with Crippen LogP contribution in [0.1, 0.15) is 12.0 Å². The van der Waals surface area contributed by atoms with Crippen molar-refractivity contribution in [2.75, 3.05) is 17.6 Å². The van der Waals surface area contributed by atoms with Gasteiger partial charge in [0.15, 0.2) is 0 Å². The molecule has 0 aliphatic carbocycles. The summed E-state index contributed by atoms with van der Waals surface area (Å²) in [6, 6.07) is 1.89. The van der Waals surface area contributed by atoms with E-state index in [-0.39, 0.29) is 5.75 Å². The summed E-state index contributed by atoms with van der Waals surface area (Å²) in [5.41, 5.74) is 1.07. The quantitative estimate of drug-likeness (QED) is 0.802. The zero-order valence-electron chi connectivity index (χ0n) is 8.90. The molecule has 1 aromatic heterocycles. The molecule has 0 fully saturated rings. The van der Waals surface area contributed by atoms with Crippen molar-refractivity contribution in [3.05, 3.63) is 22.3 Å². The summed E-state index contributed by atoms with van der Waals surface area (Å²) >= 11 is 3.35. The van der Waals surface area contributed by atoms with Crippen LogP contribution in [0.2, 0.25) is 0 Å². The number of nitrogens with one attached hydrogen (secondary N) is 1. The van der Waals surface area contributed by atoms with Crippen LogP contribution in [0.5, 0.6) is 0 Å². The van der Waals surface area contributed by atoms with E-state index in [4.69, 9.17) is 5.14 Å². The predicted octanol–water partition coefficient (Wildman–Crippen LogP) is 1.24. The molecular weight excluding hydrogens is 294 g/mol. The van der Waals surface area contributed by atoms with Gasteiger partial charge in [-0.2, -0.15) is 0 Å². The summed E-state index contributed by atoms with van der Waals surface area (Å²) in [5, 5.41) is 7.91. The number of hydrogen-bond acceptors (Lipinski definition) is 4. The average molecular weight is 308 g/mol. The van der Waals surface area contributed by atoms with Gasteiger partial charge in [-0.15, -0.1) is 0 Å². The second-order valence-corrected chi connectivity index (χ2v) is 6.05. The second kappa shape index (κ2) is 5.60. The molecule has 0 aromatic carbocycles. The molecule has 0 saturated carbocycles. The Morgan fingerprint density at radius 3 is 2.81 bits per heavy atom. The molecule has 0 unspecified atom stereocenters. The number of nitrogens with zero attached hydrogens (tertiary/aromatic N) is 1. The Balaban J connectivity index is 2.41. The standard InChI is InChI=1S/C9H14BrN3O2S/c1-7-5-9(13-6-8(7)10)12-3-2-4-16(11,14)15/h5-6H,2-4H2,1H3,(H,12,13)(H2,11,14,15). The summed E-state index contributed by atoms with van der Waals surface area (Å²) in [7, 11) is -3.36. The van der Waals surface area contributed by atoms with Crippen molar-refractivity contribution in [3.8, 4) is 0 Å². The molecule has 1 heterocycles. The highest BCUT2D eigenvalue weighted by molar-refractivity contribution is 9.10. The number of aromatic nitrogens is 1. The highest BCUT2D eigenvalue weighted by Crippen LogP contribution is 2.16. The lowest BCUT2D eigenvalue weighted by Gasteiger charge is -2.06. The molecule has 5 nitrogen and oxygen atoms in total. The van der Waals surface area contributed by atoms with Crippen molar-refractivity contribution < 1.29 is 8.42 Å². The average Bonchev–Trinajstić information content (AvgIpc) is 2.17. The number of aryl methyl sites for hydroxylation is 1. The van der Waals surface area contributed by atoms with Crippen LogP contribution in [0.3, 0.4) is 0 Å². The minimum atomic E-state index is -3.36. The molecule has 1 rings (SSSR count). The van der Waals surface area contributed by atoms with E-state index in [0.717, 1.165) is 15.9 Å². The Bertz CT molecular complexity index is 462. The van der Waals surface area contributed by atoms with Crippen LogP contribution >= 0.6 is 15.9 Å². The van der Waals surface area contributed by atoms with E-state index in [0.29, 0.717) is 13.0 Å². The molecule has 16 heavy (non-hydrogen) atoms. The molecule has 7 heteroatoms. The SMILES string of the molecule is Cc1cc(NCCCS(N)(=O)=O)ncc1Br. The van der Waals surface area contributed by atoms with Crippen LogP contribution in [0.15, 0.2) is 16.7 Å². The third kappa shape index (κ3) is 4.91. The lowest BCUT2D eigenvalue weighted by atomic mass is 10.3. The molecule has 0 bridgehead atoms. The fourth-order valence-corrected chi connectivity index (χ4v) is 1.89. The number of sulfonamides is 1. The van der Waals surface area contributed by atoms with Crippen LogP contribution in [0.4, 0.5) is 5.82 Å². The molecule has 0 aliphatic heterocycles. The maximum absolute atomic E-state index is 10.7. The van der Waals surface area contributed by atoms with Crippen LogP contribution in [0, 0.1) is 6.92 Å². The molecule has 90 valence electrons. The van der Waals surface area contributed by atoms with Crippen molar-refractivity contribution in [2.24, 2.45) is 5.14 Å². The number of hydrogen-bond donors (Lipinski definition) is 2. The maximum atomic E-state index is 10.7. The summed E-state index contributed by atoms with van der Waals surface area (Å²) in [6.07, 6.45) is 2.17. The summed E-state index contributed by atoms with van der Waals surface area (Å²) in [5.74, 6) is 0.713. The van der Waals surface area contributed by atoms with Gasteiger partial charge in [0.25, 0.3) is 0 Å². The van der Waals surface area contributed by atoms with Gasteiger partial charge in [0.05, 0.1) is 5.75 Å². The van der Waals surface area contributed by atoms with E-state index in [1.807, 2.05) is 13.0 Å². The minimum Gasteiger partial charge on any atom is -0.370 e. The molecule has 0 saturated heterocycles. The van der Waals surface area contributed by atoms with Crippen molar-refractivity contribution >= 4 is 31.8 Å². The Morgan fingerprint density at radius 1 is 1.56 bits per heavy atom. The summed E-state index contributed by atoms with van der Waals surface area (Å²) in [4.78, 5) is 4.13. The summed E-state index contributed by atoms with van der Waals surface area (Å²) < 4.78 is 22.3. The van der Waals surface area contributed by atoms with Gasteiger partial charge in [-0.05, 0) is 40.9 Å². The van der Waals surface area contributed by atoms with E-state index >= 15 is 0 Å². The maximum Gasteiger partial charge on any atom is 0.209 e. The lowest BCUT2D eigenvalue weighted by molar-refractivity contribution is 0.595. The molecular formula is C9H14BrN3O2S. The Morgan fingerprint density at radius 2 is 2.25 bits per heavy atom. The highest BCUT2D eigenvalue weighted by atomic mass is 79.9. The first-order chi connectivity index (χ1) is 7.38. The van der Waals surface area contributed by atoms with E-state index < -0.39 is 10.0 Å². The largest absolute Gasteiger partial charge is 0.370 e. The molecule has 1 aromatic rings. The molecule has 0 amide bonds. The highest BCUT2D eigenvalue weighted by Gasteiger charge is 2.02. The van der Waals surface area contributed by atoms with Gasteiger partial charge in [-0.1, -0.05) is 0 Å². The fourth-order valence-electron chi connectivity index (χ4n) is 1.13. The van der Waals surface area contributed by atoms with Gasteiger partial charge < -0.3 is 5.32 Å². The minimum absolute atomic E-state index is 0.0183. The molecule has 0 aliphatic rings. The van der Waals surface area contributed by atoms with E-state index in [9.17, 15) is 8.42 Å². The molecule has 0 radical (unpaired) electrons. The predicted molar refractivity (Wildman–Crippen MR) is 67.8 cm³/mol. The van der Waals surface area contributed by atoms with E-state index in [1.165, 1.54) is 0 Å². The fraction of sp³-hybridized carbons (Fsp3) is 0.444. The molecule has 0 atom stereocenters. The van der Waals surface area contributed by atoms with Gasteiger partial charge in [-0.25, -0.2) is 18.5 Å². The second-order valence-electron chi connectivity index (χ2n) is 3.47. The number of nitrogens with two attached hydrogens (primary N) is 1. The number of primary sulfonamides is 1. The monoisotopic (exact) mass is 307 g/mol. The number of halogens is 1. The van der Waals surface area contributed by atoms with Gasteiger partial charge in [0.2, 0.25) is 10.0 Å². The molecule has 3 N–H and O–H groups in total. The first-order valence-electron chi connectivity index (χ1n) is 4.75. The normalized spacial score (nSPS) is 11.4. The number of rotatable bonds is 5. The Hall–Kier alpha value is -0.660. The first-order valence-corrected chi connectivity index (χ1v) is 7.26. The van der Waals surface area contributed by atoms with Gasteiger partial charge in [0.1, 0.15) is 5.82 Å². The van der Waals surface area contributed by atoms with Crippen molar-refractivity contribution in [1.82, 2.24) is 4.98 Å². The smallest absolute Gasteiger partial charge is 0.209 e. The van der Waals surface area contributed by atoms with Crippen molar-refractivity contribution in [3.63, 3.8) is 0 Å². The van der Waals surface area contributed by atoms with E-state index in [1.54, 1.807) is 6.20 Å². The number of anilines is 1. The Kier molecular flexibility index (Phi) is 4.69. The molecule has 0 spiro atoms. The van der Waals surface area contributed by atoms with Crippen molar-refractivity contribution in [1.29, 1.82) is 0 Å². The zero-order valence-corrected chi connectivity index (χ0v) is 11.3. The third-order valence-corrected chi connectivity index (χ3v) is 3.65. The first kappa shape index (κ1) is 13.4. The third-order valence-electron chi connectivity index (χ3n) is 1.96. The Labute approximate surface area is 104 Å².